The largest absolute Gasteiger partial charge is 0.360 e. The van der Waals surface area contributed by atoms with E-state index in [1.165, 1.54) is 6.07 Å². The fraction of sp³-hybridized carbons (Fsp3) is 0.353. The lowest BCUT2D eigenvalue weighted by molar-refractivity contribution is -0.128. The Morgan fingerprint density at radius 2 is 1.96 bits per heavy atom. The van der Waals surface area contributed by atoms with Crippen LogP contribution in [-0.4, -0.2) is 23.0 Å². The minimum absolute atomic E-state index is 0.259. The van der Waals surface area contributed by atoms with Crippen LogP contribution in [0.15, 0.2) is 34.9 Å². The second kappa shape index (κ2) is 7.72. The third-order valence-corrected chi connectivity index (χ3v) is 3.56. The van der Waals surface area contributed by atoms with E-state index in [2.05, 4.69) is 15.8 Å². The Bertz CT molecular complexity index is 729. The normalized spacial score (nSPS) is 13.2. The molecule has 0 bridgehead atoms. The highest BCUT2D eigenvalue weighted by atomic mass is 19.1. The Kier molecular flexibility index (Phi) is 5.68. The van der Waals surface area contributed by atoms with E-state index < -0.39 is 17.9 Å². The van der Waals surface area contributed by atoms with Gasteiger partial charge in [0.05, 0.1) is 0 Å². The summed E-state index contributed by atoms with van der Waals surface area (Å²) in [4.78, 5) is 24.2. The summed E-state index contributed by atoms with van der Waals surface area (Å²) in [7, 11) is 0. The minimum Gasteiger partial charge on any atom is -0.360 e. The zero-order chi connectivity index (χ0) is 17.7. The van der Waals surface area contributed by atoms with Crippen LogP contribution in [0.5, 0.6) is 0 Å². The summed E-state index contributed by atoms with van der Waals surface area (Å²) < 4.78 is 18.5. The molecule has 6 nitrogen and oxygen atoms in total. The Labute approximate surface area is 139 Å². The molecule has 2 aromatic rings. The van der Waals surface area contributed by atoms with Gasteiger partial charge in [-0.05, 0) is 31.9 Å². The minimum atomic E-state index is -0.752. The first kappa shape index (κ1) is 17.7. The van der Waals surface area contributed by atoms with Gasteiger partial charge in [-0.25, -0.2) is 4.39 Å². The topological polar surface area (TPSA) is 84.2 Å². The van der Waals surface area contributed by atoms with E-state index in [4.69, 9.17) is 4.52 Å². The van der Waals surface area contributed by atoms with Crippen LogP contribution >= 0.6 is 0 Å². The number of hydrogen-bond acceptors (Lipinski definition) is 4. The molecule has 0 spiro atoms. The Morgan fingerprint density at radius 1 is 1.25 bits per heavy atom. The maximum atomic E-state index is 13.6. The standard InChI is InChI=1S/C17H20FN3O3/c1-10(8-13-6-4-5-7-14(13)18)16(22)19-12(3)17(23)20-15-9-11(2)24-21-15/h4-7,9-10,12H,8H2,1-3H3,(H,19,22)(H,20,21,23)/t10?,12-/m0/s1. The van der Waals surface area contributed by atoms with Gasteiger partial charge >= 0.3 is 0 Å². The molecule has 2 rings (SSSR count). The van der Waals surface area contributed by atoms with E-state index in [1.807, 2.05) is 0 Å². The first-order valence-corrected chi connectivity index (χ1v) is 7.64. The van der Waals surface area contributed by atoms with Crippen LogP contribution in [0.1, 0.15) is 25.2 Å². The van der Waals surface area contributed by atoms with Crippen LogP contribution in [0.2, 0.25) is 0 Å². The molecule has 128 valence electrons. The molecule has 2 N–H and O–H groups in total. The third-order valence-electron chi connectivity index (χ3n) is 3.56. The Hall–Kier alpha value is -2.70. The molecule has 0 aliphatic heterocycles. The van der Waals surface area contributed by atoms with Crippen LogP contribution in [0.3, 0.4) is 0 Å². The Balaban J connectivity index is 1.88. The molecule has 24 heavy (non-hydrogen) atoms. The predicted molar refractivity (Wildman–Crippen MR) is 86.7 cm³/mol. The summed E-state index contributed by atoms with van der Waals surface area (Å²) >= 11 is 0. The summed E-state index contributed by atoms with van der Waals surface area (Å²) in [5, 5.41) is 8.82. The van der Waals surface area contributed by atoms with Gasteiger partial charge in [-0.3, -0.25) is 9.59 Å². The Morgan fingerprint density at radius 3 is 2.58 bits per heavy atom. The highest BCUT2D eigenvalue weighted by Gasteiger charge is 2.21. The maximum Gasteiger partial charge on any atom is 0.247 e. The van der Waals surface area contributed by atoms with Crippen molar-refractivity contribution in [2.75, 3.05) is 5.32 Å². The summed E-state index contributed by atoms with van der Waals surface area (Å²) in [5.74, 6) is -0.679. The van der Waals surface area contributed by atoms with Gasteiger partial charge in [-0.15, -0.1) is 0 Å². The average molecular weight is 333 g/mol. The number of amides is 2. The molecular formula is C17H20FN3O3. The van der Waals surface area contributed by atoms with Gasteiger partial charge in [0.25, 0.3) is 0 Å². The van der Waals surface area contributed by atoms with Crippen molar-refractivity contribution in [3.63, 3.8) is 0 Å². The number of nitrogens with zero attached hydrogens (tertiary/aromatic N) is 1. The molecule has 0 saturated heterocycles. The fourth-order valence-electron chi connectivity index (χ4n) is 2.17. The van der Waals surface area contributed by atoms with Crippen molar-refractivity contribution in [2.24, 2.45) is 5.92 Å². The molecule has 7 heteroatoms. The summed E-state index contributed by atoms with van der Waals surface area (Å²) in [6.45, 7) is 4.96. The molecule has 0 saturated carbocycles. The molecule has 1 heterocycles. The highest BCUT2D eigenvalue weighted by Crippen LogP contribution is 2.13. The smallest absolute Gasteiger partial charge is 0.247 e. The van der Waals surface area contributed by atoms with E-state index in [0.717, 1.165) is 0 Å². The quantitative estimate of drug-likeness (QED) is 0.850. The first-order chi connectivity index (χ1) is 11.4. The van der Waals surface area contributed by atoms with Gasteiger partial charge < -0.3 is 15.2 Å². The summed E-state index contributed by atoms with van der Waals surface area (Å²) in [6, 6.07) is 7.14. The molecule has 0 aliphatic rings. The van der Waals surface area contributed by atoms with Gasteiger partial charge in [0.15, 0.2) is 5.82 Å². The summed E-state index contributed by atoms with van der Waals surface area (Å²) in [6.07, 6.45) is 0.259. The van der Waals surface area contributed by atoms with Crippen molar-refractivity contribution in [3.05, 3.63) is 47.5 Å². The number of aromatic nitrogens is 1. The number of rotatable bonds is 6. The molecule has 1 aromatic heterocycles. The third kappa shape index (κ3) is 4.65. The number of nitrogens with one attached hydrogen (secondary N) is 2. The van der Waals surface area contributed by atoms with Crippen molar-refractivity contribution in [3.8, 4) is 0 Å². The predicted octanol–water partition coefficient (Wildman–Crippen LogP) is 2.44. The molecular weight excluding hydrogens is 313 g/mol. The van der Waals surface area contributed by atoms with E-state index in [-0.39, 0.29) is 24.0 Å². The lowest BCUT2D eigenvalue weighted by atomic mass is 9.99. The van der Waals surface area contributed by atoms with Crippen molar-refractivity contribution in [1.82, 2.24) is 10.5 Å². The second-order valence-electron chi connectivity index (χ2n) is 5.74. The van der Waals surface area contributed by atoms with Gasteiger partial charge in [0, 0.05) is 12.0 Å². The van der Waals surface area contributed by atoms with Crippen LogP contribution in [0, 0.1) is 18.7 Å². The number of aryl methyl sites for hydroxylation is 1. The number of halogens is 1. The van der Waals surface area contributed by atoms with E-state index in [0.29, 0.717) is 11.3 Å². The lowest BCUT2D eigenvalue weighted by Crippen LogP contribution is -2.44. The number of carbonyl (C=O) groups excluding carboxylic acids is 2. The molecule has 1 unspecified atom stereocenters. The van der Waals surface area contributed by atoms with Crippen LogP contribution in [-0.2, 0) is 16.0 Å². The monoisotopic (exact) mass is 333 g/mol. The van der Waals surface area contributed by atoms with Gasteiger partial charge in [-0.1, -0.05) is 30.3 Å². The first-order valence-electron chi connectivity index (χ1n) is 7.64. The number of benzene rings is 1. The molecule has 0 aliphatic carbocycles. The molecule has 0 fully saturated rings. The zero-order valence-corrected chi connectivity index (χ0v) is 13.8. The van der Waals surface area contributed by atoms with Gasteiger partial charge in [-0.2, -0.15) is 0 Å². The second-order valence-corrected chi connectivity index (χ2v) is 5.74. The van der Waals surface area contributed by atoms with Crippen LogP contribution in [0.25, 0.3) is 0 Å². The van der Waals surface area contributed by atoms with E-state index in [9.17, 15) is 14.0 Å². The van der Waals surface area contributed by atoms with Crippen molar-refractivity contribution in [1.29, 1.82) is 0 Å². The number of anilines is 1. The molecule has 2 amide bonds. The molecule has 0 radical (unpaired) electrons. The highest BCUT2D eigenvalue weighted by molar-refractivity contribution is 5.96. The van der Waals surface area contributed by atoms with E-state index >= 15 is 0 Å². The van der Waals surface area contributed by atoms with Gasteiger partial charge in [0.2, 0.25) is 11.8 Å². The zero-order valence-electron chi connectivity index (χ0n) is 13.8. The summed E-state index contributed by atoms with van der Waals surface area (Å²) in [5.41, 5.74) is 0.468. The maximum absolute atomic E-state index is 13.6. The average Bonchev–Trinajstić information content (AvgIpc) is 2.94. The van der Waals surface area contributed by atoms with Crippen LogP contribution < -0.4 is 10.6 Å². The number of carbonyl (C=O) groups is 2. The fourth-order valence-corrected chi connectivity index (χ4v) is 2.17. The van der Waals surface area contributed by atoms with Crippen LogP contribution in [0.4, 0.5) is 10.2 Å². The van der Waals surface area contributed by atoms with Crippen molar-refractivity contribution >= 4 is 17.6 Å². The van der Waals surface area contributed by atoms with Gasteiger partial charge in [0.1, 0.15) is 17.6 Å². The lowest BCUT2D eigenvalue weighted by Gasteiger charge is -2.17. The van der Waals surface area contributed by atoms with Crippen molar-refractivity contribution in [2.45, 2.75) is 33.2 Å². The number of hydrogen-bond donors (Lipinski definition) is 2. The SMILES string of the molecule is Cc1cc(NC(=O)[C@H](C)NC(=O)C(C)Cc2ccccc2F)no1. The molecule has 2 atom stereocenters. The molecule has 1 aromatic carbocycles. The van der Waals surface area contributed by atoms with E-state index in [1.54, 1.807) is 45.0 Å². The van der Waals surface area contributed by atoms with Crippen molar-refractivity contribution < 1.29 is 18.5 Å².